The number of amides is 1. The van der Waals surface area contributed by atoms with E-state index in [1.165, 1.54) is 75.3 Å². The van der Waals surface area contributed by atoms with E-state index in [1.807, 2.05) is 6.07 Å². The highest BCUT2D eigenvalue weighted by Crippen LogP contribution is 2.63. The first-order chi connectivity index (χ1) is 25.6. The second kappa shape index (κ2) is 14.0. The maximum Gasteiger partial charge on any atom is 0.221 e. The number of aromatic hydroxyl groups is 1. The Morgan fingerprint density at radius 1 is 0.868 bits per heavy atom. The van der Waals surface area contributed by atoms with Gasteiger partial charge in [-0.05, 0) is 143 Å². The zero-order valence-electron chi connectivity index (χ0n) is 32.0. The minimum atomic E-state index is -0.284. The molecule has 7 aliphatic rings. The Bertz CT molecular complexity index is 1880. The SMILES string of the molecule is CC(=O)Nc1ccc(O)cc1.COc1ccc2c(c1)[C@]13CCCC[C@@H]1[C@H](C2)N(C)CC3.COc1ccc2c3c1O[C@H]1C(=O)CC[C@H]4[C@@H](C2)N(C)CC[C@]314. The summed E-state index contributed by atoms with van der Waals surface area (Å²) in [5, 5.41) is 11.5. The molecule has 0 aromatic heterocycles. The van der Waals surface area contributed by atoms with Crippen molar-refractivity contribution in [3.63, 3.8) is 0 Å². The summed E-state index contributed by atoms with van der Waals surface area (Å²) >= 11 is 0. The van der Waals surface area contributed by atoms with Gasteiger partial charge in [0.05, 0.1) is 14.2 Å². The molecule has 53 heavy (non-hydrogen) atoms. The summed E-state index contributed by atoms with van der Waals surface area (Å²) in [6.45, 7) is 3.75. The minimum Gasteiger partial charge on any atom is -0.508 e. The lowest BCUT2D eigenvalue weighted by Gasteiger charge is -2.58. The van der Waals surface area contributed by atoms with Crippen LogP contribution in [0.4, 0.5) is 5.69 Å². The number of nitrogens with zero attached hydrogens (tertiary/aromatic N) is 2. The van der Waals surface area contributed by atoms with E-state index in [-0.39, 0.29) is 29.0 Å². The highest BCUT2D eigenvalue weighted by molar-refractivity contribution is 5.89. The molecule has 3 heterocycles. The molecule has 10 rings (SSSR count). The number of phenolic OH excluding ortho intramolecular Hbond substituents is 1. The molecule has 1 amide bonds. The van der Waals surface area contributed by atoms with Crippen molar-refractivity contribution in [2.45, 2.75) is 100 Å². The quantitative estimate of drug-likeness (QED) is 0.290. The van der Waals surface area contributed by atoms with E-state index in [0.717, 1.165) is 55.0 Å². The maximum absolute atomic E-state index is 12.6. The molecule has 2 saturated heterocycles. The number of carbonyl (C=O) groups excluding carboxylic acids is 2. The number of methoxy groups -OCH3 is 2. The first-order valence-electron chi connectivity index (χ1n) is 19.6. The summed E-state index contributed by atoms with van der Waals surface area (Å²) in [6.07, 6.45) is 11.7. The molecular formula is C44H55N3O6. The Balaban J connectivity index is 0.000000120. The lowest BCUT2D eigenvalue weighted by Crippen LogP contribution is -2.65. The van der Waals surface area contributed by atoms with E-state index in [1.54, 1.807) is 37.5 Å². The Kier molecular flexibility index (Phi) is 9.46. The number of rotatable bonds is 3. The van der Waals surface area contributed by atoms with E-state index in [2.05, 4.69) is 53.5 Å². The molecule has 9 heteroatoms. The molecule has 0 radical (unpaired) electrons. The number of phenols is 1. The van der Waals surface area contributed by atoms with Gasteiger partial charge in [0.25, 0.3) is 0 Å². The zero-order chi connectivity index (χ0) is 37.1. The number of piperidine rings is 2. The molecule has 4 fully saturated rings. The van der Waals surface area contributed by atoms with Gasteiger partial charge in [0, 0.05) is 47.5 Å². The fourth-order valence-corrected chi connectivity index (χ4v) is 11.7. The second-order valence-corrected chi connectivity index (χ2v) is 16.5. The van der Waals surface area contributed by atoms with Gasteiger partial charge in [0.2, 0.25) is 5.91 Å². The first kappa shape index (κ1) is 35.9. The van der Waals surface area contributed by atoms with E-state index < -0.39 is 0 Å². The van der Waals surface area contributed by atoms with Gasteiger partial charge in [-0.15, -0.1) is 0 Å². The number of nitrogens with one attached hydrogen (secondary N) is 1. The first-order valence-corrected chi connectivity index (χ1v) is 19.6. The predicted molar refractivity (Wildman–Crippen MR) is 205 cm³/mol. The highest BCUT2D eigenvalue weighted by Gasteiger charge is 2.65. The summed E-state index contributed by atoms with van der Waals surface area (Å²) in [4.78, 5) is 28.3. The monoisotopic (exact) mass is 721 g/mol. The fraction of sp³-hybridized carbons (Fsp3) is 0.545. The molecule has 3 aromatic rings. The highest BCUT2D eigenvalue weighted by atomic mass is 16.5. The largest absolute Gasteiger partial charge is 0.508 e. The summed E-state index contributed by atoms with van der Waals surface area (Å²) in [5.74, 6) is 4.45. The third-order valence-electron chi connectivity index (χ3n) is 14.1. The number of fused-ring (bicyclic) bond motifs is 1. The molecular weight excluding hydrogens is 666 g/mol. The molecule has 0 unspecified atom stereocenters. The zero-order valence-corrected chi connectivity index (χ0v) is 32.0. The van der Waals surface area contributed by atoms with Gasteiger partial charge >= 0.3 is 0 Å². The van der Waals surface area contributed by atoms with Gasteiger partial charge < -0.3 is 34.4 Å². The second-order valence-electron chi connectivity index (χ2n) is 16.5. The maximum atomic E-state index is 12.6. The number of hydrogen-bond donors (Lipinski definition) is 2. The number of likely N-dealkylation sites (N-methyl/N-ethyl adjacent to an activating group) is 2. The van der Waals surface area contributed by atoms with Gasteiger partial charge in [0.1, 0.15) is 11.5 Å². The van der Waals surface area contributed by atoms with Crippen molar-refractivity contribution in [3.05, 3.63) is 76.9 Å². The van der Waals surface area contributed by atoms with Gasteiger partial charge in [-0.25, -0.2) is 0 Å². The van der Waals surface area contributed by atoms with E-state index >= 15 is 0 Å². The van der Waals surface area contributed by atoms with Crippen LogP contribution in [0.2, 0.25) is 0 Å². The van der Waals surface area contributed by atoms with Crippen LogP contribution >= 0.6 is 0 Å². The Labute approximate surface area is 314 Å². The Hall–Kier alpha value is -4.08. The van der Waals surface area contributed by atoms with Crippen LogP contribution in [0, 0.1) is 11.8 Å². The van der Waals surface area contributed by atoms with Crippen molar-refractivity contribution in [2.75, 3.05) is 46.7 Å². The topological polar surface area (TPSA) is 101 Å². The van der Waals surface area contributed by atoms with Crippen molar-refractivity contribution in [3.8, 4) is 23.0 Å². The Morgan fingerprint density at radius 2 is 1.58 bits per heavy atom. The lowest BCUT2D eigenvalue weighted by molar-refractivity contribution is -0.138. The summed E-state index contributed by atoms with van der Waals surface area (Å²) in [5.41, 5.74) is 6.93. The average molecular weight is 722 g/mol. The number of benzene rings is 3. The van der Waals surface area contributed by atoms with Crippen molar-refractivity contribution in [2.24, 2.45) is 11.8 Å². The number of carbonyl (C=O) groups is 2. The molecule has 2 N–H and O–H groups in total. The Morgan fingerprint density at radius 3 is 2.32 bits per heavy atom. The molecule has 4 aliphatic carbocycles. The van der Waals surface area contributed by atoms with E-state index in [4.69, 9.17) is 19.3 Å². The van der Waals surface area contributed by atoms with E-state index in [0.29, 0.717) is 29.5 Å². The van der Waals surface area contributed by atoms with Crippen LogP contribution in [0.15, 0.2) is 54.6 Å². The van der Waals surface area contributed by atoms with Crippen LogP contribution in [-0.4, -0.2) is 86.2 Å². The number of ether oxygens (including phenoxy) is 3. The molecule has 4 bridgehead atoms. The van der Waals surface area contributed by atoms with Gasteiger partial charge in [-0.2, -0.15) is 0 Å². The van der Waals surface area contributed by atoms with Gasteiger partial charge in [0.15, 0.2) is 23.4 Å². The average Bonchev–Trinajstić information content (AvgIpc) is 3.52. The van der Waals surface area contributed by atoms with Crippen LogP contribution in [-0.2, 0) is 33.3 Å². The van der Waals surface area contributed by atoms with Crippen molar-refractivity contribution in [1.82, 2.24) is 9.80 Å². The van der Waals surface area contributed by atoms with Crippen LogP contribution in [0.5, 0.6) is 23.0 Å². The molecule has 282 valence electrons. The van der Waals surface area contributed by atoms with Crippen LogP contribution in [0.1, 0.15) is 80.5 Å². The number of anilines is 1. The number of Topliss-reactive ketones (excluding diaryl/α,β-unsaturated/α-hetero) is 1. The fourth-order valence-electron chi connectivity index (χ4n) is 11.7. The molecule has 3 aliphatic heterocycles. The minimum absolute atomic E-state index is 0.0933. The van der Waals surface area contributed by atoms with Crippen LogP contribution in [0.3, 0.4) is 0 Å². The van der Waals surface area contributed by atoms with Crippen molar-refractivity contribution in [1.29, 1.82) is 0 Å². The molecule has 9 nitrogen and oxygen atoms in total. The number of hydrogen-bond acceptors (Lipinski definition) is 8. The smallest absolute Gasteiger partial charge is 0.221 e. The van der Waals surface area contributed by atoms with Gasteiger partial charge in [-0.1, -0.05) is 25.0 Å². The van der Waals surface area contributed by atoms with E-state index in [9.17, 15) is 9.59 Å². The summed E-state index contributed by atoms with van der Waals surface area (Å²) in [7, 11) is 8.03. The summed E-state index contributed by atoms with van der Waals surface area (Å²) < 4.78 is 17.3. The van der Waals surface area contributed by atoms with Crippen LogP contribution in [0.25, 0.3) is 0 Å². The predicted octanol–water partition coefficient (Wildman–Crippen LogP) is 6.67. The van der Waals surface area contributed by atoms with Gasteiger partial charge in [-0.3, -0.25) is 9.59 Å². The third kappa shape index (κ3) is 5.90. The third-order valence-corrected chi connectivity index (χ3v) is 14.1. The summed E-state index contributed by atoms with van der Waals surface area (Å²) in [6, 6.07) is 18.6. The molecule has 7 atom stereocenters. The van der Waals surface area contributed by atoms with Crippen LogP contribution < -0.4 is 19.5 Å². The van der Waals surface area contributed by atoms with Crippen molar-refractivity contribution >= 4 is 17.4 Å². The molecule has 1 spiro atoms. The number of likely N-dealkylation sites (tertiary alicyclic amines) is 2. The lowest BCUT2D eigenvalue weighted by atomic mass is 9.52. The molecule has 3 aromatic carbocycles. The molecule has 2 saturated carbocycles. The normalized spacial score (nSPS) is 31.5. The standard InChI is InChI=1S/C18H21NO3.C18H25NO.C8H9NO2/c1-19-8-7-18-11-4-5-13(20)17(18)22-16-14(21-2)6-3-10(15(16)18)9-12(11)19;1-19-10-9-18-8-4-3-5-15(18)17(19)11-13-6-7-14(20-2)12-16(13)18;1-6(10)9-7-2-4-8(11)5-3-7/h3,6,11-12,17H,4-5,7-9H2,1-2H3;6-7,12,15,17H,3-5,8-11H2,1-2H3;2-5,11H,1H3,(H,9,10)/t11-,12+,17-,18-;15-,17+,18+;/m01./s1. The van der Waals surface area contributed by atoms with Crippen molar-refractivity contribution < 1.29 is 28.9 Å². The number of ketones is 1.